The van der Waals surface area contributed by atoms with Gasteiger partial charge in [0.2, 0.25) is 41.4 Å². The first-order valence-electron chi connectivity index (χ1n) is 25.7. The van der Waals surface area contributed by atoms with Gasteiger partial charge in [0.05, 0.1) is 23.0 Å². The third kappa shape index (κ3) is 13.2. The number of hydrogen-bond donors (Lipinski definition) is 6. The van der Waals surface area contributed by atoms with Gasteiger partial charge in [-0.3, -0.25) is 38.5 Å². The molecule has 0 unspecified atom stereocenters. The smallest absolute Gasteiger partial charge is 0.408 e. The van der Waals surface area contributed by atoms with Gasteiger partial charge in [-0.2, -0.15) is 0 Å². The number of allylic oxidation sites excluding steroid dienone is 1. The van der Waals surface area contributed by atoms with Crippen LogP contribution in [0, 0.1) is 11.8 Å². The summed E-state index contributed by atoms with van der Waals surface area (Å²) in [5.41, 5.74) is 2.25. The quantitative estimate of drug-likeness (QED) is 0.0815. The van der Waals surface area contributed by atoms with Crippen molar-refractivity contribution in [2.45, 2.75) is 155 Å². The zero-order chi connectivity index (χ0) is 55.2. The fourth-order valence-electron chi connectivity index (χ4n) is 9.92. The van der Waals surface area contributed by atoms with Gasteiger partial charge in [0.25, 0.3) is 0 Å². The maximum Gasteiger partial charge on any atom is 0.417 e. The van der Waals surface area contributed by atoms with Crippen LogP contribution in [-0.2, 0) is 51.9 Å². The lowest BCUT2D eigenvalue weighted by Gasteiger charge is -2.39. The van der Waals surface area contributed by atoms with Gasteiger partial charge in [0.1, 0.15) is 42.3 Å². The van der Waals surface area contributed by atoms with Crippen molar-refractivity contribution in [2.24, 2.45) is 11.8 Å². The molecule has 2 aliphatic heterocycles. The van der Waals surface area contributed by atoms with Gasteiger partial charge >= 0.3 is 5.76 Å². The van der Waals surface area contributed by atoms with Gasteiger partial charge in [0, 0.05) is 50.2 Å². The van der Waals surface area contributed by atoms with Gasteiger partial charge < -0.3 is 50.1 Å². The number of amides is 7. The Bertz CT molecular complexity index is 2900. The molecule has 4 aromatic rings. The molecule has 19 nitrogen and oxygen atoms in total. The van der Waals surface area contributed by atoms with Crippen molar-refractivity contribution in [3.8, 4) is 0 Å². The lowest BCUT2D eigenvalue weighted by Crippen LogP contribution is -2.60. The SMILES string of the molecule is C/C=C/C[C@@H]1NC(=O)[C@H](CC(C)C)N2C=C(C)C[C@@H](C2=O)N(C)C(=O)[C@H](C)NC(=O)[C@H](Cc2ccc3oc(=O)[nH]c3c2)NC(=O)[C@H](CC(C)C)N(C)C(=O)[C@H](Cc2cn(C(C)(C)[C@H](O)CCl)c3ccccc23)NC1=O. The number of carbonyl (C=O) groups is 7. The van der Waals surface area contributed by atoms with E-state index in [1.807, 2.05) is 76.6 Å². The number of aromatic nitrogens is 2. The minimum atomic E-state index is -1.36. The van der Waals surface area contributed by atoms with E-state index in [4.69, 9.17) is 16.0 Å². The molecule has 2 aromatic carbocycles. The number of nitrogens with one attached hydrogen (secondary N) is 5. The number of para-hydroxylation sites is 1. The monoisotopic (exact) mass is 1060 g/mol. The van der Waals surface area contributed by atoms with Crippen LogP contribution in [0.3, 0.4) is 0 Å². The summed E-state index contributed by atoms with van der Waals surface area (Å²) in [5.74, 6) is -5.66. The van der Waals surface area contributed by atoms with E-state index in [1.165, 1.54) is 35.7 Å². The van der Waals surface area contributed by atoms with Gasteiger partial charge in [-0.1, -0.05) is 69.7 Å². The highest BCUT2D eigenvalue weighted by atomic mass is 35.5. The summed E-state index contributed by atoms with van der Waals surface area (Å²) >= 11 is 6.21. The molecule has 8 atom stereocenters. The Hall–Kier alpha value is -6.73. The minimum Gasteiger partial charge on any atom is -0.408 e. The van der Waals surface area contributed by atoms with Crippen LogP contribution in [0.15, 0.2) is 81.8 Å². The minimum absolute atomic E-state index is 0.00795. The Kier molecular flexibility index (Phi) is 18.6. The Morgan fingerprint density at radius 2 is 1.41 bits per heavy atom. The van der Waals surface area contributed by atoms with Gasteiger partial charge in [-0.05, 0) is 101 Å². The number of benzene rings is 2. The number of likely N-dealkylation sites (N-methyl/N-ethyl adjacent to an activating group) is 2. The molecule has 1 fully saturated rings. The Morgan fingerprint density at radius 1 is 0.787 bits per heavy atom. The molecule has 20 heteroatoms. The van der Waals surface area contributed by atoms with Crippen molar-refractivity contribution >= 4 is 75.0 Å². The second-order valence-electron chi connectivity index (χ2n) is 21.5. The largest absolute Gasteiger partial charge is 0.417 e. The molecule has 75 heavy (non-hydrogen) atoms. The molecular formula is C55H74ClN9O10. The fourth-order valence-corrected chi connectivity index (χ4v) is 10.3. The summed E-state index contributed by atoms with van der Waals surface area (Å²) in [6.45, 7) is 16.2. The number of fused-ring (bicyclic) bond motifs is 4. The molecule has 2 bridgehead atoms. The van der Waals surface area contributed by atoms with Crippen LogP contribution in [0.4, 0.5) is 0 Å². The van der Waals surface area contributed by atoms with Crippen molar-refractivity contribution in [1.82, 2.24) is 45.5 Å². The number of oxazole rings is 1. The maximum absolute atomic E-state index is 15.4. The first-order chi connectivity index (χ1) is 35.4. The molecule has 2 aromatic heterocycles. The highest BCUT2D eigenvalue weighted by molar-refractivity contribution is 6.18. The third-order valence-corrected chi connectivity index (χ3v) is 14.6. The van der Waals surface area contributed by atoms with E-state index in [0.29, 0.717) is 22.2 Å². The number of nitrogens with zero attached hydrogens (tertiary/aromatic N) is 4. The summed E-state index contributed by atoms with van der Waals surface area (Å²) in [7, 11) is 2.91. The molecular weight excluding hydrogens is 982 g/mol. The number of aliphatic hydroxyl groups excluding tert-OH is 1. The highest BCUT2D eigenvalue weighted by Gasteiger charge is 2.43. The third-order valence-electron chi connectivity index (χ3n) is 14.3. The van der Waals surface area contributed by atoms with Crippen LogP contribution in [0.5, 0.6) is 0 Å². The molecule has 6 N–H and O–H groups in total. The van der Waals surface area contributed by atoms with E-state index in [2.05, 4.69) is 26.3 Å². The van der Waals surface area contributed by atoms with Crippen LogP contribution in [-0.4, -0.2) is 139 Å². The number of halogens is 1. The lowest BCUT2D eigenvalue weighted by atomic mass is 9.95. The van der Waals surface area contributed by atoms with Crippen molar-refractivity contribution in [3.63, 3.8) is 0 Å². The van der Waals surface area contributed by atoms with Crippen molar-refractivity contribution < 1.29 is 43.1 Å². The predicted molar refractivity (Wildman–Crippen MR) is 286 cm³/mol. The molecule has 6 rings (SSSR count). The molecule has 0 aliphatic carbocycles. The lowest BCUT2D eigenvalue weighted by molar-refractivity contribution is -0.149. The number of H-pyrrole nitrogens is 1. The van der Waals surface area contributed by atoms with E-state index < -0.39 is 101 Å². The average Bonchev–Trinajstić information content (AvgIpc) is 3.93. The first kappa shape index (κ1) is 57.5. The molecule has 1 saturated heterocycles. The van der Waals surface area contributed by atoms with E-state index in [-0.39, 0.29) is 61.8 Å². The van der Waals surface area contributed by atoms with Crippen LogP contribution in [0.2, 0.25) is 0 Å². The zero-order valence-corrected chi connectivity index (χ0v) is 45.6. The standard InChI is InChI=1S/C55H74ClN9O10/c1-12-13-17-37-47(67)60-40(26-35-29-65(55(8,9)46(66)27-56)41-18-15-14-16-36(35)41)52(72)62(10)42(21-30(2)3)49(69)59-39(25-34-19-20-45-38(24-34)61-54(74)75-45)48(68)57-33(7)51(71)63(11)44-23-32(6)28-64(53(44)73)43(22-31(4)5)50(70)58-37/h12-16,18-20,24,28-31,33,37,39-40,42-44,46,66H,17,21-23,25-27H2,1-11H3,(H,57,68)(H,58,70)(H,59,69)(H,60,67)(H,61,74)/b13-12+/t33-,37-,39-,40-,42-,43-,44-,46+/m0/s1. The normalized spacial score (nSPS) is 23.9. The molecule has 406 valence electrons. The van der Waals surface area contributed by atoms with Gasteiger partial charge in [-0.15, -0.1) is 11.6 Å². The molecule has 0 saturated carbocycles. The maximum atomic E-state index is 15.4. The predicted octanol–water partition coefficient (Wildman–Crippen LogP) is 4.39. The summed E-state index contributed by atoms with van der Waals surface area (Å²) < 4.78 is 7.08. The average molecular weight is 1060 g/mol. The highest BCUT2D eigenvalue weighted by Crippen LogP contribution is 2.32. The second-order valence-corrected chi connectivity index (χ2v) is 21.8. The van der Waals surface area contributed by atoms with E-state index in [9.17, 15) is 38.7 Å². The van der Waals surface area contributed by atoms with Crippen LogP contribution >= 0.6 is 11.6 Å². The number of alkyl halides is 1. The Balaban J connectivity index is 1.51. The first-order valence-corrected chi connectivity index (χ1v) is 26.2. The van der Waals surface area contributed by atoms with Gasteiger partial charge in [-0.25, -0.2) is 4.79 Å². The number of hydrogen-bond acceptors (Lipinski definition) is 10. The van der Waals surface area contributed by atoms with E-state index in [1.54, 1.807) is 50.4 Å². The van der Waals surface area contributed by atoms with E-state index >= 15 is 4.79 Å². The molecule has 2 aliphatic rings. The van der Waals surface area contributed by atoms with E-state index in [0.717, 1.165) is 10.9 Å². The zero-order valence-electron chi connectivity index (χ0n) is 44.9. The molecule has 0 spiro atoms. The number of rotatable bonds is 13. The van der Waals surface area contributed by atoms with Crippen LogP contribution in [0.25, 0.3) is 22.0 Å². The van der Waals surface area contributed by atoms with Crippen molar-refractivity contribution in [3.05, 3.63) is 94.3 Å². The van der Waals surface area contributed by atoms with Crippen LogP contribution in [0.1, 0.15) is 99.1 Å². The summed E-state index contributed by atoms with van der Waals surface area (Å²) in [6.07, 6.45) is 6.07. The fraction of sp³-hybridized carbons (Fsp3) is 0.527. The molecule has 0 radical (unpaired) electrons. The number of carbonyl (C=O) groups excluding carboxylic acids is 7. The van der Waals surface area contributed by atoms with Crippen LogP contribution < -0.4 is 27.0 Å². The molecule has 7 amide bonds. The topological polar surface area (TPSA) is 248 Å². The van der Waals surface area contributed by atoms with Gasteiger partial charge in [0.15, 0.2) is 5.58 Å². The number of aliphatic hydroxyl groups is 1. The summed E-state index contributed by atoms with van der Waals surface area (Å²) in [6, 6.07) is 3.62. The second kappa shape index (κ2) is 24.3. The number of aromatic amines is 1. The summed E-state index contributed by atoms with van der Waals surface area (Å²) in [4.78, 5) is 122. The van der Waals surface area contributed by atoms with Crippen molar-refractivity contribution in [2.75, 3.05) is 20.0 Å². The Labute approximate surface area is 442 Å². The Morgan fingerprint density at radius 3 is 2.08 bits per heavy atom. The molecule has 4 heterocycles. The van der Waals surface area contributed by atoms with Crippen molar-refractivity contribution in [1.29, 1.82) is 0 Å². The summed E-state index contributed by atoms with van der Waals surface area (Å²) in [5, 5.41) is 23.4.